The fraction of sp³-hybridized carbons (Fsp3) is 0.143. The van der Waals surface area contributed by atoms with E-state index in [0.717, 1.165) is 17.3 Å². The van der Waals surface area contributed by atoms with E-state index in [1.807, 2.05) is 12.1 Å². The number of hydrogen-bond donors (Lipinski definition) is 2. The van der Waals surface area contributed by atoms with Crippen molar-refractivity contribution >= 4 is 17.7 Å². The van der Waals surface area contributed by atoms with Gasteiger partial charge in [0.25, 0.3) is 0 Å². The fourth-order valence-corrected chi connectivity index (χ4v) is 2.81. The van der Waals surface area contributed by atoms with Crippen LogP contribution in [0, 0.1) is 18.3 Å². The number of hydrogen-bond acceptors (Lipinski definition) is 5. The first kappa shape index (κ1) is 14.8. The van der Waals surface area contributed by atoms with E-state index in [1.54, 1.807) is 18.2 Å². The van der Waals surface area contributed by atoms with Gasteiger partial charge in [-0.1, -0.05) is 12.1 Å². The summed E-state index contributed by atoms with van der Waals surface area (Å²) in [5.74, 6) is -0.712. The van der Waals surface area contributed by atoms with Crippen LogP contribution in [-0.4, -0.2) is 21.0 Å². The van der Waals surface area contributed by atoms with Gasteiger partial charge in [0.15, 0.2) is 0 Å². The maximum absolute atomic E-state index is 11.4. The summed E-state index contributed by atoms with van der Waals surface area (Å²) in [5.41, 5.74) is 1.08. The minimum Gasteiger partial charge on any atom is -0.478 e. The molecule has 0 bridgehead atoms. The van der Waals surface area contributed by atoms with Crippen molar-refractivity contribution in [3.63, 3.8) is 0 Å². The Morgan fingerprint density at radius 1 is 1.52 bits per heavy atom. The molecule has 0 aliphatic carbocycles. The van der Waals surface area contributed by atoms with Crippen molar-refractivity contribution in [1.82, 2.24) is 9.97 Å². The highest BCUT2D eigenvalue weighted by molar-refractivity contribution is 7.98. The molecule has 0 aliphatic rings. The van der Waals surface area contributed by atoms with Crippen molar-refractivity contribution in [2.24, 2.45) is 0 Å². The molecule has 2 aromatic rings. The second kappa shape index (κ2) is 6.24. The average molecular weight is 301 g/mol. The van der Waals surface area contributed by atoms with Gasteiger partial charge in [-0.3, -0.25) is 0 Å². The third-order valence-corrected chi connectivity index (χ3v) is 3.78. The van der Waals surface area contributed by atoms with Crippen LogP contribution in [-0.2, 0) is 5.75 Å². The maximum Gasteiger partial charge on any atom is 0.346 e. The number of aromatic carboxylic acids is 1. The van der Waals surface area contributed by atoms with Crippen molar-refractivity contribution in [3.05, 3.63) is 57.1 Å². The Kier molecular flexibility index (Phi) is 4.40. The molecule has 0 atom stereocenters. The zero-order valence-electron chi connectivity index (χ0n) is 11.1. The molecule has 1 aromatic heterocycles. The zero-order valence-corrected chi connectivity index (χ0v) is 11.9. The number of carboxylic acid groups (broad SMARTS) is 1. The monoisotopic (exact) mass is 301 g/mol. The molecule has 0 radical (unpaired) electrons. The summed E-state index contributed by atoms with van der Waals surface area (Å²) in [6.07, 6.45) is 0. The smallest absolute Gasteiger partial charge is 0.346 e. The number of carboxylic acids is 1. The van der Waals surface area contributed by atoms with E-state index < -0.39 is 11.7 Å². The van der Waals surface area contributed by atoms with Crippen LogP contribution in [0.15, 0.2) is 34.1 Å². The van der Waals surface area contributed by atoms with Crippen molar-refractivity contribution in [3.8, 4) is 6.07 Å². The van der Waals surface area contributed by atoms with E-state index in [9.17, 15) is 14.7 Å². The SMILES string of the molecule is Cc1[nH]c(=O)nc(SCc2cccc(C#N)c2)c1C(=O)O. The topological polar surface area (TPSA) is 107 Å². The van der Waals surface area contributed by atoms with Gasteiger partial charge in [-0.2, -0.15) is 10.2 Å². The molecule has 0 saturated heterocycles. The van der Waals surface area contributed by atoms with Crippen LogP contribution in [0.1, 0.15) is 27.2 Å². The predicted octanol–water partition coefficient (Wildman–Crippen LogP) is 1.94. The number of nitrogens with zero attached hydrogens (tertiary/aromatic N) is 2. The average Bonchev–Trinajstić information content (AvgIpc) is 2.44. The van der Waals surface area contributed by atoms with Crippen molar-refractivity contribution < 1.29 is 9.90 Å². The van der Waals surface area contributed by atoms with Crippen LogP contribution in [0.4, 0.5) is 0 Å². The summed E-state index contributed by atoms with van der Waals surface area (Å²) < 4.78 is 0. The lowest BCUT2D eigenvalue weighted by molar-refractivity contribution is 0.0690. The fourth-order valence-electron chi connectivity index (χ4n) is 1.80. The lowest BCUT2D eigenvalue weighted by Gasteiger charge is -2.07. The van der Waals surface area contributed by atoms with Crippen LogP contribution in [0.25, 0.3) is 0 Å². The Morgan fingerprint density at radius 2 is 2.29 bits per heavy atom. The number of aromatic nitrogens is 2. The number of aryl methyl sites for hydroxylation is 1. The summed E-state index contributed by atoms with van der Waals surface area (Å²) in [4.78, 5) is 28.7. The van der Waals surface area contributed by atoms with Gasteiger partial charge in [0.1, 0.15) is 10.6 Å². The van der Waals surface area contributed by atoms with Crippen LogP contribution >= 0.6 is 11.8 Å². The Bertz CT molecular complexity index is 793. The normalized spacial score (nSPS) is 10.1. The second-order valence-electron chi connectivity index (χ2n) is 4.25. The first-order valence-electron chi connectivity index (χ1n) is 5.97. The summed E-state index contributed by atoms with van der Waals surface area (Å²) in [5, 5.41) is 18.2. The Morgan fingerprint density at radius 3 is 2.95 bits per heavy atom. The van der Waals surface area contributed by atoms with Crippen molar-refractivity contribution in [2.75, 3.05) is 0 Å². The van der Waals surface area contributed by atoms with Crippen LogP contribution in [0.5, 0.6) is 0 Å². The van der Waals surface area contributed by atoms with E-state index in [-0.39, 0.29) is 16.3 Å². The van der Waals surface area contributed by atoms with E-state index in [2.05, 4.69) is 9.97 Å². The molecule has 0 saturated carbocycles. The molecule has 0 spiro atoms. The van der Waals surface area contributed by atoms with Gasteiger partial charge >= 0.3 is 11.7 Å². The lowest BCUT2D eigenvalue weighted by atomic mass is 10.2. The Labute approximate surface area is 124 Å². The standard InChI is InChI=1S/C14H11N3O3S/c1-8-11(13(18)19)12(17-14(20)16-8)21-7-10-4-2-3-9(5-10)6-15/h2-5H,7H2,1H3,(H,18,19)(H,16,17,20). The van der Waals surface area contributed by atoms with Crippen LogP contribution in [0.2, 0.25) is 0 Å². The molecule has 1 heterocycles. The van der Waals surface area contributed by atoms with Gasteiger partial charge in [-0.15, -0.1) is 11.8 Å². The minimum absolute atomic E-state index is 0.00367. The molecule has 0 amide bonds. The number of thioether (sulfide) groups is 1. The second-order valence-corrected chi connectivity index (χ2v) is 5.22. The molecule has 0 fully saturated rings. The molecule has 21 heavy (non-hydrogen) atoms. The number of H-pyrrole nitrogens is 1. The largest absolute Gasteiger partial charge is 0.478 e. The van der Waals surface area contributed by atoms with Crippen LogP contribution in [0.3, 0.4) is 0 Å². The molecule has 2 rings (SSSR count). The molecule has 0 unspecified atom stereocenters. The molecule has 1 aromatic carbocycles. The van der Waals surface area contributed by atoms with Crippen molar-refractivity contribution in [1.29, 1.82) is 5.26 Å². The van der Waals surface area contributed by atoms with Gasteiger partial charge in [-0.25, -0.2) is 9.59 Å². The molecule has 7 heteroatoms. The molecule has 6 nitrogen and oxygen atoms in total. The summed E-state index contributed by atoms with van der Waals surface area (Å²) in [6.45, 7) is 1.52. The van der Waals surface area contributed by atoms with E-state index in [0.29, 0.717) is 11.3 Å². The highest BCUT2D eigenvalue weighted by Gasteiger charge is 2.17. The quantitative estimate of drug-likeness (QED) is 0.660. The van der Waals surface area contributed by atoms with Crippen LogP contribution < -0.4 is 5.69 Å². The Balaban J connectivity index is 2.29. The van der Waals surface area contributed by atoms with Gasteiger partial charge in [0, 0.05) is 11.4 Å². The number of carbonyl (C=O) groups is 1. The summed E-state index contributed by atoms with van der Waals surface area (Å²) >= 11 is 1.15. The van der Waals surface area contributed by atoms with E-state index in [1.165, 1.54) is 6.92 Å². The maximum atomic E-state index is 11.4. The molecular formula is C14H11N3O3S. The number of nitriles is 1. The third kappa shape index (κ3) is 3.49. The first-order valence-corrected chi connectivity index (χ1v) is 6.96. The van der Waals surface area contributed by atoms with E-state index >= 15 is 0 Å². The number of aromatic amines is 1. The predicted molar refractivity (Wildman–Crippen MR) is 77.3 cm³/mol. The molecular weight excluding hydrogens is 290 g/mol. The van der Waals surface area contributed by atoms with Crippen molar-refractivity contribution in [2.45, 2.75) is 17.7 Å². The highest BCUT2D eigenvalue weighted by atomic mass is 32.2. The lowest BCUT2D eigenvalue weighted by Crippen LogP contribution is -2.18. The number of nitrogens with one attached hydrogen (secondary N) is 1. The summed E-state index contributed by atoms with van der Waals surface area (Å²) in [6, 6.07) is 9.02. The highest BCUT2D eigenvalue weighted by Crippen LogP contribution is 2.25. The van der Waals surface area contributed by atoms with Gasteiger partial charge in [0.2, 0.25) is 0 Å². The minimum atomic E-state index is -1.13. The van der Waals surface area contributed by atoms with Gasteiger partial charge in [0.05, 0.1) is 11.6 Å². The zero-order chi connectivity index (χ0) is 15.4. The first-order chi connectivity index (χ1) is 10.0. The number of benzene rings is 1. The molecule has 0 aliphatic heterocycles. The molecule has 2 N–H and O–H groups in total. The third-order valence-electron chi connectivity index (χ3n) is 2.73. The van der Waals surface area contributed by atoms with E-state index in [4.69, 9.17) is 5.26 Å². The van der Waals surface area contributed by atoms with Gasteiger partial charge < -0.3 is 10.1 Å². The summed E-state index contributed by atoms with van der Waals surface area (Å²) in [7, 11) is 0. The number of rotatable bonds is 4. The molecule has 106 valence electrons. The van der Waals surface area contributed by atoms with Gasteiger partial charge in [-0.05, 0) is 24.6 Å². The Hall–Kier alpha value is -2.59.